The third-order valence-electron chi connectivity index (χ3n) is 2.54. The first-order valence-corrected chi connectivity index (χ1v) is 5.27. The molecule has 1 aliphatic rings. The molecule has 1 aromatic carbocycles. The van der Waals surface area contributed by atoms with Crippen molar-refractivity contribution in [2.45, 2.75) is 19.1 Å². The van der Waals surface area contributed by atoms with Crippen molar-refractivity contribution in [3.63, 3.8) is 0 Å². The monoisotopic (exact) mass is 211 g/mol. The molecule has 1 N–H and O–H groups in total. The number of nitrogens with zero attached hydrogens (tertiary/aromatic N) is 1. The van der Waals surface area contributed by atoms with Gasteiger partial charge in [0.05, 0.1) is 6.10 Å². The van der Waals surface area contributed by atoms with Crippen molar-refractivity contribution in [3.05, 3.63) is 34.9 Å². The molecule has 1 saturated heterocycles. The number of aliphatic hydroxyl groups excluding tert-OH is 1. The molecule has 0 radical (unpaired) electrons. The Bertz CT molecular complexity index is 316. The summed E-state index contributed by atoms with van der Waals surface area (Å²) in [5.74, 6) is 0. The van der Waals surface area contributed by atoms with Crippen LogP contribution < -0.4 is 0 Å². The zero-order chi connectivity index (χ0) is 9.97. The average molecular weight is 212 g/mol. The van der Waals surface area contributed by atoms with Crippen molar-refractivity contribution in [1.82, 2.24) is 4.90 Å². The summed E-state index contributed by atoms with van der Waals surface area (Å²) >= 11 is 5.89. The van der Waals surface area contributed by atoms with Crippen LogP contribution in [0, 0.1) is 0 Å². The molecule has 0 amide bonds. The summed E-state index contributed by atoms with van der Waals surface area (Å²) in [6.07, 6.45) is 0.745. The maximum atomic E-state index is 9.36. The lowest BCUT2D eigenvalue weighted by molar-refractivity contribution is 0.175. The van der Waals surface area contributed by atoms with Crippen LogP contribution in [0.15, 0.2) is 24.3 Å². The number of halogens is 1. The van der Waals surface area contributed by atoms with Gasteiger partial charge in [-0.2, -0.15) is 0 Å². The molecule has 0 aromatic heterocycles. The van der Waals surface area contributed by atoms with Crippen LogP contribution in [0.4, 0.5) is 0 Å². The van der Waals surface area contributed by atoms with Crippen molar-refractivity contribution in [3.8, 4) is 0 Å². The highest BCUT2D eigenvalue weighted by atomic mass is 35.5. The van der Waals surface area contributed by atoms with Gasteiger partial charge in [0.1, 0.15) is 0 Å². The van der Waals surface area contributed by atoms with Gasteiger partial charge in [0.2, 0.25) is 0 Å². The first-order chi connectivity index (χ1) is 6.74. The second-order valence-corrected chi connectivity index (χ2v) is 4.24. The number of β-amino-alcohol motifs (C(OH)–C–C–N with tert-alkyl or cyclic N) is 1. The zero-order valence-electron chi connectivity index (χ0n) is 7.99. The predicted molar refractivity (Wildman–Crippen MR) is 57.4 cm³/mol. The summed E-state index contributed by atoms with van der Waals surface area (Å²) in [6.45, 7) is 2.65. The number of hydrogen-bond donors (Lipinski definition) is 1. The van der Waals surface area contributed by atoms with E-state index in [0.717, 1.165) is 31.1 Å². The van der Waals surface area contributed by atoms with Gasteiger partial charge in [0.15, 0.2) is 0 Å². The van der Waals surface area contributed by atoms with Crippen molar-refractivity contribution in [2.75, 3.05) is 13.1 Å². The number of hydrogen-bond acceptors (Lipinski definition) is 2. The number of likely N-dealkylation sites (tertiary alicyclic amines) is 1. The molecule has 1 aliphatic heterocycles. The minimum absolute atomic E-state index is 0.144. The van der Waals surface area contributed by atoms with E-state index in [4.69, 9.17) is 11.6 Å². The smallest absolute Gasteiger partial charge is 0.0679 e. The molecule has 0 saturated carbocycles. The van der Waals surface area contributed by atoms with Gasteiger partial charge < -0.3 is 5.11 Å². The van der Waals surface area contributed by atoms with Crippen LogP contribution >= 0.6 is 11.6 Å². The number of aliphatic hydroxyl groups is 1. The highest BCUT2D eigenvalue weighted by Crippen LogP contribution is 2.16. The van der Waals surface area contributed by atoms with Crippen LogP contribution in [-0.4, -0.2) is 29.2 Å². The fraction of sp³-hybridized carbons (Fsp3) is 0.455. The Balaban J connectivity index is 1.97. The van der Waals surface area contributed by atoms with E-state index in [-0.39, 0.29) is 6.10 Å². The molecule has 1 heterocycles. The number of benzene rings is 1. The van der Waals surface area contributed by atoms with Gasteiger partial charge in [-0.05, 0) is 24.1 Å². The summed E-state index contributed by atoms with van der Waals surface area (Å²) in [7, 11) is 0. The SMILES string of the molecule is O[C@@H]1CCN(Cc2cccc(Cl)c2)C1. The molecule has 0 bridgehead atoms. The van der Waals surface area contributed by atoms with E-state index in [1.165, 1.54) is 5.56 Å². The Morgan fingerprint density at radius 1 is 1.50 bits per heavy atom. The molecule has 76 valence electrons. The summed E-state index contributed by atoms with van der Waals surface area (Å²) in [5.41, 5.74) is 1.21. The predicted octanol–water partition coefficient (Wildman–Crippen LogP) is 1.91. The van der Waals surface area contributed by atoms with Crippen LogP contribution in [0.1, 0.15) is 12.0 Å². The maximum absolute atomic E-state index is 9.36. The maximum Gasteiger partial charge on any atom is 0.0679 e. The lowest BCUT2D eigenvalue weighted by Gasteiger charge is -2.14. The topological polar surface area (TPSA) is 23.5 Å². The van der Waals surface area contributed by atoms with E-state index >= 15 is 0 Å². The Hall–Kier alpha value is -0.570. The molecule has 2 rings (SSSR count). The Morgan fingerprint density at radius 2 is 2.36 bits per heavy atom. The van der Waals surface area contributed by atoms with Gasteiger partial charge in [0.25, 0.3) is 0 Å². The minimum Gasteiger partial charge on any atom is -0.392 e. The zero-order valence-corrected chi connectivity index (χ0v) is 8.74. The molecule has 1 aromatic rings. The molecule has 3 heteroatoms. The van der Waals surface area contributed by atoms with Gasteiger partial charge >= 0.3 is 0 Å². The number of rotatable bonds is 2. The standard InChI is InChI=1S/C11H14ClNO/c12-10-3-1-2-9(6-10)7-13-5-4-11(14)8-13/h1-3,6,11,14H,4-5,7-8H2/t11-/m1/s1. The highest BCUT2D eigenvalue weighted by Gasteiger charge is 2.19. The van der Waals surface area contributed by atoms with Crippen molar-refractivity contribution < 1.29 is 5.11 Å². The third-order valence-corrected chi connectivity index (χ3v) is 2.78. The van der Waals surface area contributed by atoms with Gasteiger partial charge in [-0.15, -0.1) is 0 Å². The summed E-state index contributed by atoms with van der Waals surface area (Å²) in [5, 5.41) is 10.1. The Kier molecular flexibility index (Phi) is 3.06. The third kappa shape index (κ3) is 2.47. The molecule has 2 nitrogen and oxygen atoms in total. The Labute approximate surface area is 89.1 Å². The van der Waals surface area contributed by atoms with Crippen LogP contribution in [0.2, 0.25) is 5.02 Å². The van der Waals surface area contributed by atoms with Crippen LogP contribution in [0.3, 0.4) is 0 Å². The van der Waals surface area contributed by atoms with E-state index < -0.39 is 0 Å². The van der Waals surface area contributed by atoms with Gasteiger partial charge in [-0.3, -0.25) is 4.90 Å². The fourth-order valence-electron chi connectivity index (χ4n) is 1.85. The van der Waals surface area contributed by atoms with Crippen LogP contribution in [0.5, 0.6) is 0 Å². The normalized spacial score (nSPS) is 22.9. The van der Waals surface area contributed by atoms with E-state index in [1.54, 1.807) is 0 Å². The summed E-state index contributed by atoms with van der Waals surface area (Å²) in [6, 6.07) is 7.89. The summed E-state index contributed by atoms with van der Waals surface area (Å²) in [4.78, 5) is 2.25. The second-order valence-electron chi connectivity index (χ2n) is 3.81. The Morgan fingerprint density at radius 3 is 3.00 bits per heavy atom. The lowest BCUT2D eigenvalue weighted by atomic mass is 10.2. The molecule has 14 heavy (non-hydrogen) atoms. The van der Waals surface area contributed by atoms with Gasteiger partial charge in [0, 0.05) is 24.7 Å². The van der Waals surface area contributed by atoms with Crippen molar-refractivity contribution in [1.29, 1.82) is 0 Å². The first kappa shape index (κ1) is 9.97. The molecule has 0 spiro atoms. The molecule has 0 unspecified atom stereocenters. The first-order valence-electron chi connectivity index (χ1n) is 4.89. The van der Waals surface area contributed by atoms with Crippen molar-refractivity contribution >= 4 is 11.6 Å². The quantitative estimate of drug-likeness (QED) is 0.808. The molecule has 1 atom stereocenters. The highest BCUT2D eigenvalue weighted by molar-refractivity contribution is 6.30. The minimum atomic E-state index is -0.144. The second kappa shape index (κ2) is 4.30. The van der Waals surface area contributed by atoms with E-state index in [2.05, 4.69) is 11.0 Å². The van der Waals surface area contributed by atoms with Gasteiger partial charge in [-0.25, -0.2) is 0 Å². The van der Waals surface area contributed by atoms with Crippen LogP contribution in [0.25, 0.3) is 0 Å². The molecule has 1 fully saturated rings. The molecule has 0 aliphatic carbocycles. The van der Waals surface area contributed by atoms with Gasteiger partial charge in [-0.1, -0.05) is 23.7 Å². The molecular weight excluding hydrogens is 198 g/mol. The fourth-order valence-corrected chi connectivity index (χ4v) is 2.06. The van der Waals surface area contributed by atoms with E-state index in [0.29, 0.717) is 0 Å². The average Bonchev–Trinajstić information content (AvgIpc) is 2.51. The molecular formula is C11H14ClNO. The van der Waals surface area contributed by atoms with E-state index in [1.807, 2.05) is 18.2 Å². The largest absolute Gasteiger partial charge is 0.392 e. The summed E-state index contributed by atoms with van der Waals surface area (Å²) < 4.78 is 0. The van der Waals surface area contributed by atoms with E-state index in [9.17, 15) is 5.11 Å². The lowest BCUT2D eigenvalue weighted by Crippen LogP contribution is -2.21. The van der Waals surface area contributed by atoms with Crippen molar-refractivity contribution in [2.24, 2.45) is 0 Å². The van der Waals surface area contributed by atoms with Crippen LogP contribution in [-0.2, 0) is 6.54 Å².